The molecule has 2 N–H and O–H groups in total. The fourth-order valence-corrected chi connectivity index (χ4v) is 3.47. The standard InChI is InChI=1S/C15H20N2O3/c1-11-10-20-13-5-3-2-4-12(13)15(11,14(18)19)17-8-6-16-7-9-17/h2-5,11,16H,6-10H2,1H3,(H,18,19). The largest absolute Gasteiger partial charge is 0.493 e. The number of ether oxygens (including phenoxy) is 1. The molecule has 5 heteroatoms. The summed E-state index contributed by atoms with van der Waals surface area (Å²) in [7, 11) is 0. The highest BCUT2D eigenvalue weighted by Gasteiger charge is 2.54. The first-order chi connectivity index (χ1) is 9.67. The van der Waals surface area contributed by atoms with E-state index in [9.17, 15) is 9.90 Å². The quantitative estimate of drug-likeness (QED) is 0.840. The summed E-state index contributed by atoms with van der Waals surface area (Å²) >= 11 is 0. The number of fused-ring (bicyclic) bond motifs is 1. The van der Waals surface area contributed by atoms with E-state index in [2.05, 4.69) is 10.2 Å². The maximum atomic E-state index is 12.2. The number of carboxylic acid groups (broad SMARTS) is 1. The lowest BCUT2D eigenvalue weighted by atomic mass is 9.75. The molecule has 0 aliphatic carbocycles. The number of nitrogens with one attached hydrogen (secondary N) is 1. The molecule has 2 aliphatic heterocycles. The molecule has 2 atom stereocenters. The number of carbonyl (C=O) groups is 1. The number of rotatable bonds is 2. The Balaban J connectivity index is 2.15. The fourth-order valence-electron chi connectivity index (χ4n) is 3.47. The number of hydrogen-bond donors (Lipinski definition) is 2. The molecular formula is C15H20N2O3. The topological polar surface area (TPSA) is 61.8 Å². The van der Waals surface area contributed by atoms with Crippen LogP contribution < -0.4 is 10.1 Å². The molecule has 0 aromatic heterocycles. The van der Waals surface area contributed by atoms with E-state index >= 15 is 0 Å². The van der Waals surface area contributed by atoms with E-state index in [1.54, 1.807) is 0 Å². The van der Waals surface area contributed by atoms with Gasteiger partial charge in [-0.2, -0.15) is 0 Å². The van der Waals surface area contributed by atoms with Crippen LogP contribution in [0.25, 0.3) is 0 Å². The second kappa shape index (κ2) is 5.07. The second-order valence-electron chi connectivity index (χ2n) is 5.52. The maximum Gasteiger partial charge on any atom is 0.329 e. The van der Waals surface area contributed by atoms with E-state index in [0.717, 1.165) is 31.7 Å². The SMILES string of the molecule is CC1COc2ccccc2C1(C(=O)O)N1CCNCC1. The third kappa shape index (κ3) is 1.81. The van der Waals surface area contributed by atoms with Gasteiger partial charge in [0.2, 0.25) is 0 Å². The summed E-state index contributed by atoms with van der Waals surface area (Å²) in [6.07, 6.45) is 0. The molecule has 2 unspecified atom stereocenters. The first kappa shape index (κ1) is 13.4. The molecule has 2 heterocycles. The van der Waals surface area contributed by atoms with Crippen LogP contribution in [-0.4, -0.2) is 48.8 Å². The van der Waals surface area contributed by atoms with Crippen LogP contribution in [0.2, 0.25) is 0 Å². The van der Waals surface area contributed by atoms with Crippen LogP contribution in [-0.2, 0) is 10.3 Å². The molecule has 3 rings (SSSR count). The van der Waals surface area contributed by atoms with Gasteiger partial charge in [0.15, 0.2) is 5.54 Å². The predicted molar refractivity (Wildman–Crippen MR) is 74.9 cm³/mol. The summed E-state index contributed by atoms with van der Waals surface area (Å²) in [5.41, 5.74) is -0.190. The van der Waals surface area contributed by atoms with Crippen molar-refractivity contribution in [2.24, 2.45) is 5.92 Å². The fraction of sp³-hybridized carbons (Fsp3) is 0.533. The molecule has 0 radical (unpaired) electrons. The van der Waals surface area contributed by atoms with Crippen LogP contribution >= 0.6 is 0 Å². The van der Waals surface area contributed by atoms with Crippen LogP contribution in [0.1, 0.15) is 12.5 Å². The zero-order chi connectivity index (χ0) is 14.2. The zero-order valence-corrected chi connectivity index (χ0v) is 11.6. The summed E-state index contributed by atoms with van der Waals surface area (Å²) in [5.74, 6) is -0.165. The lowest BCUT2D eigenvalue weighted by Gasteiger charge is -2.49. The molecule has 0 spiro atoms. The van der Waals surface area contributed by atoms with Gasteiger partial charge in [0.05, 0.1) is 6.61 Å². The van der Waals surface area contributed by atoms with E-state index in [-0.39, 0.29) is 5.92 Å². The Morgan fingerprint density at radius 3 is 2.80 bits per heavy atom. The van der Waals surface area contributed by atoms with E-state index in [1.807, 2.05) is 31.2 Å². The van der Waals surface area contributed by atoms with Crippen molar-refractivity contribution in [3.05, 3.63) is 29.8 Å². The number of para-hydroxylation sites is 1. The Morgan fingerprint density at radius 1 is 1.40 bits per heavy atom. The minimum absolute atomic E-state index is 0.0898. The Labute approximate surface area is 118 Å². The minimum Gasteiger partial charge on any atom is -0.493 e. The van der Waals surface area contributed by atoms with Crippen molar-refractivity contribution in [3.8, 4) is 5.75 Å². The van der Waals surface area contributed by atoms with Gasteiger partial charge in [0, 0.05) is 37.7 Å². The highest BCUT2D eigenvalue weighted by atomic mass is 16.5. The van der Waals surface area contributed by atoms with Crippen molar-refractivity contribution < 1.29 is 14.6 Å². The molecule has 1 fully saturated rings. The third-order valence-corrected chi connectivity index (χ3v) is 4.44. The summed E-state index contributed by atoms with van der Waals surface area (Å²) in [4.78, 5) is 14.3. The highest BCUT2D eigenvalue weighted by molar-refractivity contribution is 5.83. The van der Waals surface area contributed by atoms with Gasteiger partial charge < -0.3 is 15.2 Å². The van der Waals surface area contributed by atoms with Crippen LogP contribution in [0.3, 0.4) is 0 Å². The van der Waals surface area contributed by atoms with Gasteiger partial charge in [-0.25, -0.2) is 4.79 Å². The van der Waals surface area contributed by atoms with E-state index < -0.39 is 11.5 Å². The molecule has 1 saturated heterocycles. The van der Waals surface area contributed by atoms with Gasteiger partial charge in [0.1, 0.15) is 5.75 Å². The van der Waals surface area contributed by atoms with Crippen molar-refractivity contribution in [1.29, 1.82) is 0 Å². The highest BCUT2D eigenvalue weighted by Crippen LogP contribution is 2.44. The molecule has 0 amide bonds. The van der Waals surface area contributed by atoms with E-state index in [1.165, 1.54) is 0 Å². The van der Waals surface area contributed by atoms with Crippen LogP contribution in [0, 0.1) is 5.92 Å². The molecule has 108 valence electrons. The maximum absolute atomic E-state index is 12.2. The number of carboxylic acids is 1. The Morgan fingerprint density at radius 2 is 2.10 bits per heavy atom. The summed E-state index contributed by atoms with van der Waals surface area (Å²) in [5, 5.41) is 13.3. The average molecular weight is 276 g/mol. The summed E-state index contributed by atoms with van der Waals surface area (Å²) < 4.78 is 5.73. The molecule has 0 bridgehead atoms. The van der Waals surface area contributed by atoms with Gasteiger partial charge in [-0.15, -0.1) is 0 Å². The van der Waals surface area contributed by atoms with Crippen molar-refractivity contribution in [2.75, 3.05) is 32.8 Å². The lowest BCUT2D eigenvalue weighted by Crippen LogP contribution is -2.63. The summed E-state index contributed by atoms with van der Waals surface area (Å²) in [6, 6.07) is 7.53. The average Bonchev–Trinajstić information content (AvgIpc) is 2.48. The Bertz CT molecular complexity index is 514. The Kier molecular flexibility index (Phi) is 3.40. The number of benzene rings is 1. The lowest BCUT2D eigenvalue weighted by molar-refractivity contribution is -0.160. The van der Waals surface area contributed by atoms with E-state index in [4.69, 9.17) is 4.74 Å². The first-order valence-corrected chi connectivity index (χ1v) is 7.09. The van der Waals surface area contributed by atoms with Crippen molar-refractivity contribution in [1.82, 2.24) is 10.2 Å². The normalized spacial score (nSPS) is 30.4. The van der Waals surface area contributed by atoms with Gasteiger partial charge in [0.25, 0.3) is 0 Å². The van der Waals surface area contributed by atoms with Gasteiger partial charge >= 0.3 is 5.97 Å². The van der Waals surface area contributed by atoms with Crippen LogP contribution in [0.5, 0.6) is 5.75 Å². The van der Waals surface area contributed by atoms with Crippen LogP contribution in [0.15, 0.2) is 24.3 Å². The number of nitrogens with zero attached hydrogens (tertiary/aromatic N) is 1. The minimum atomic E-state index is -0.975. The molecule has 1 aromatic rings. The predicted octanol–water partition coefficient (Wildman–Crippen LogP) is 0.900. The smallest absolute Gasteiger partial charge is 0.329 e. The Hall–Kier alpha value is -1.59. The molecule has 1 aromatic carbocycles. The molecule has 2 aliphatic rings. The zero-order valence-electron chi connectivity index (χ0n) is 11.6. The van der Waals surface area contributed by atoms with Crippen molar-refractivity contribution in [3.63, 3.8) is 0 Å². The van der Waals surface area contributed by atoms with Gasteiger partial charge in [-0.1, -0.05) is 25.1 Å². The van der Waals surface area contributed by atoms with Crippen molar-refractivity contribution >= 4 is 5.97 Å². The number of piperazine rings is 1. The third-order valence-electron chi connectivity index (χ3n) is 4.44. The van der Waals surface area contributed by atoms with Gasteiger partial charge in [-0.05, 0) is 6.07 Å². The molecule has 20 heavy (non-hydrogen) atoms. The monoisotopic (exact) mass is 276 g/mol. The molecule has 0 saturated carbocycles. The molecule has 5 nitrogen and oxygen atoms in total. The number of aliphatic carboxylic acids is 1. The molecular weight excluding hydrogens is 256 g/mol. The van der Waals surface area contributed by atoms with E-state index in [0.29, 0.717) is 12.4 Å². The summed E-state index contributed by atoms with van der Waals surface area (Å²) in [6.45, 7) is 5.53. The first-order valence-electron chi connectivity index (χ1n) is 7.09. The number of hydrogen-bond acceptors (Lipinski definition) is 4. The van der Waals surface area contributed by atoms with Gasteiger partial charge in [-0.3, -0.25) is 4.90 Å². The van der Waals surface area contributed by atoms with Crippen molar-refractivity contribution in [2.45, 2.75) is 12.5 Å². The van der Waals surface area contributed by atoms with Crippen LogP contribution in [0.4, 0.5) is 0 Å². The second-order valence-corrected chi connectivity index (χ2v) is 5.52.